The molecule has 0 atom stereocenters. The van der Waals surface area contributed by atoms with Crippen molar-refractivity contribution in [3.8, 4) is 0 Å². The van der Waals surface area contributed by atoms with Crippen LogP contribution in [0.1, 0.15) is 15.9 Å². The van der Waals surface area contributed by atoms with Crippen LogP contribution < -0.4 is 4.90 Å². The molecule has 1 N–H and O–H groups in total. The second-order valence-corrected chi connectivity index (χ2v) is 6.09. The molecule has 1 aromatic rings. The van der Waals surface area contributed by atoms with Crippen molar-refractivity contribution in [2.24, 2.45) is 0 Å². The first kappa shape index (κ1) is 16.5. The predicted octanol–water partition coefficient (Wildman–Crippen LogP) is -0.0697. The van der Waals surface area contributed by atoms with Gasteiger partial charge in [0, 0.05) is 19.8 Å². The van der Waals surface area contributed by atoms with Gasteiger partial charge < -0.3 is 9.64 Å². The molecule has 0 saturated carbocycles. The monoisotopic (exact) mass is 299 g/mol. The summed E-state index contributed by atoms with van der Waals surface area (Å²) in [5.41, 5.74) is 2.38. The molecule has 0 spiro atoms. The lowest BCUT2D eigenvalue weighted by Gasteiger charge is -2.17. The summed E-state index contributed by atoms with van der Waals surface area (Å²) in [7, 11) is 1.70. The molecule has 20 heavy (non-hydrogen) atoms. The second kappa shape index (κ2) is 6.76. The molecule has 0 aliphatic carbocycles. The summed E-state index contributed by atoms with van der Waals surface area (Å²) >= 11 is 0. The van der Waals surface area contributed by atoms with Gasteiger partial charge in [0.1, 0.15) is 20.2 Å². The first-order valence-electron chi connectivity index (χ1n) is 6.17. The molecule has 0 radical (unpaired) electrons. The summed E-state index contributed by atoms with van der Waals surface area (Å²) in [5.74, 6) is -1.21. The quantitative estimate of drug-likeness (QED) is 0.450. The highest BCUT2D eigenvalue weighted by molar-refractivity contribution is 7.85. The van der Waals surface area contributed by atoms with Crippen LogP contribution in [0.2, 0.25) is 0 Å². The highest BCUT2D eigenvalue weighted by Gasteiger charge is 2.12. The van der Waals surface area contributed by atoms with Crippen LogP contribution in [0.3, 0.4) is 0 Å². The summed E-state index contributed by atoms with van der Waals surface area (Å²) < 4.78 is 34.4. The van der Waals surface area contributed by atoms with Gasteiger partial charge in [-0.2, -0.15) is 8.42 Å². The summed E-state index contributed by atoms with van der Waals surface area (Å²) in [5, 5.41) is 0. The number of ether oxygens (including phenoxy) is 1. The Morgan fingerprint density at radius 1 is 1.40 bits per heavy atom. The van der Waals surface area contributed by atoms with Crippen LogP contribution in [0, 0.1) is 0 Å². The van der Waals surface area contributed by atoms with E-state index < -0.39 is 21.8 Å². The SMILES string of the molecule is BCc1cc(C(=O)OCCS(=O)(=O)O)ccc1N(C)C. The van der Waals surface area contributed by atoms with E-state index >= 15 is 0 Å². The molecule has 0 saturated heterocycles. The van der Waals surface area contributed by atoms with Gasteiger partial charge in [-0.3, -0.25) is 4.55 Å². The summed E-state index contributed by atoms with van der Waals surface area (Å²) in [6, 6.07) is 5.17. The van der Waals surface area contributed by atoms with E-state index in [1.807, 2.05) is 32.9 Å². The van der Waals surface area contributed by atoms with Crippen molar-refractivity contribution in [2.75, 3.05) is 31.4 Å². The fourth-order valence-corrected chi connectivity index (χ4v) is 2.05. The summed E-state index contributed by atoms with van der Waals surface area (Å²) in [6.07, 6.45) is 0.764. The number of carbonyl (C=O) groups excluding carboxylic acids is 1. The van der Waals surface area contributed by atoms with Crippen molar-refractivity contribution in [3.05, 3.63) is 29.3 Å². The van der Waals surface area contributed by atoms with Crippen molar-refractivity contribution >= 4 is 29.6 Å². The zero-order valence-corrected chi connectivity index (χ0v) is 12.6. The van der Waals surface area contributed by atoms with Crippen LogP contribution in [-0.4, -0.2) is 53.2 Å². The molecule has 8 heteroatoms. The van der Waals surface area contributed by atoms with Crippen LogP contribution in [0.5, 0.6) is 0 Å². The van der Waals surface area contributed by atoms with E-state index in [4.69, 9.17) is 9.29 Å². The third-order valence-electron chi connectivity index (χ3n) is 2.75. The lowest BCUT2D eigenvalue weighted by atomic mass is 9.93. The van der Waals surface area contributed by atoms with Crippen molar-refractivity contribution in [3.63, 3.8) is 0 Å². The van der Waals surface area contributed by atoms with Crippen molar-refractivity contribution < 1.29 is 22.5 Å². The fourth-order valence-electron chi connectivity index (χ4n) is 1.75. The number of anilines is 1. The van der Waals surface area contributed by atoms with Gasteiger partial charge in [-0.1, -0.05) is 6.32 Å². The van der Waals surface area contributed by atoms with E-state index in [0.717, 1.165) is 17.6 Å². The Hall–Kier alpha value is -1.54. The van der Waals surface area contributed by atoms with Gasteiger partial charge in [0.15, 0.2) is 0 Å². The second-order valence-electron chi connectivity index (χ2n) is 4.51. The van der Waals surface area contributed by atoms with E-state index in [-0.39, 0.29) is 6.61 Å². The molecular weight excluding hydrogens is 281 g/mol. The Morgan fingerprint density at radius 2 is 2.05 bits per heavy atom. The topological polar surface area (TPSA) is 83.9 Å². The van der Waals surface area contributed by atoms with Crippen LogP contribution in [0.4, 0.5) is 5.69 Å². The van der Waals surface area contributed by atoms with Crippen molar-refractivity contribution in [1.82, 2.24) is 0 Å². The minimum Gasteiger partial charge on any atom is -0.461 e. The van der Waals surface area contributed by atoms with Gasteiger partial charge in [-0.25, -0.2) is 4.79 Å². The van der Waals surface area contributed by atoms with Gasteiger partial charge in [0.2, 0.25) is 0 Å². The Balaban J connectivity index is 2.79. The maximum atomic E-state index is 11.8. The Kier molecular flexibility index (Phi) is 5.58. The number of carbonyl (C=O) groups is 1. The molecule has 1 aromatic carbocycles. The zero-order chi connectivity index (χ0) is 15.3. The van der Waals surface area contributed by atoms with Crippen LogP contribution in [0.15, 0.2) is 18.2 Å². The minimum absolute atomic E-state index is 0.364. The average Bonchev–Trinajstić information content (AvgIpc) is 2.36. The van der Waals surface area contributed by atoms with Crippen molar-refractivity contribution in [1.29, 1.82) is 0 Å². The van der Waals surface area contributed by atoms with Crippen LogP contribution in [0.25, 0.3) is 0 Å². The lowest BCUT2D eigenvalue weighted by Crippen LogP contribution is -2.16. The standard InChI is InChI=1S/C12H18BNO5S/c1-14(2)11-4-3-9(7-10(11)8-13)12(15)19-5-6-20(16,17)18/h3-4,7H,5-6,8,13H2,1-2H3,(H,16,17,18). The number of nitrogens with zero attached hydrogens (tertiary/aromatic N) is 1. The van der Waals surface area contributed by atoms with E-state index in [1.54, 1.807) is 12.1 Å². The highest BCUT2D eigenvalue weighted by Crippen LogP contribution is 2.20. The third kappa shape index (κ3) is 4.86. The number of benzene rings is 1. The number of hydrogen-bond acceptors (Lipinski definition) is 5. The molecular formula is C12H18BNO5S. The fraction of sp³-hybridized carbons (Fsp3) is 0.417. The van der Waals surface area contributed by atoms with Gasteiger partial charge in [-0.15, -0.1) is 0 Å². The molecule has 0 aliphatic heterocycles. The van der Waals surface area contributed by atoms with Crippen LogP contribution >= 0.6 is 0 Å². The van der Waals surface area contributed by atoms with Gasteiger partial charge in [0.05, 0.1) is 5.56 Å². The average molecular weight is 299 g/mol. The van der Waals surface area contributed by atoms with E-state index in [1.165, 1.54) is 0 Å². The van der Waals surface area contributed by atoms with Crippen molar-refractivity contribution in [2.45, 2.75) is 6.32 Å². The molecule has 0 fully saturated rings. The smallest absolute Gasteiger partial charge is 0.338 e. The van der Waals surface area contributed by atoms with E-state index in [2.05, 4.69) is 0 Å². The zero-order valence-electron chi connectivity index (χ0n) is 11.8. The highest BCUT2D eigenvalue weighted by atomic mass is 32.2. The maximum absolute atomic E-state index is 11.8. The number of rotatable bonds is 6. The number of hydrogen-bond donors (Lipinski definition) is 1. The molecule has 0 aliphatic rings. The molecule has 0 amide bonds. The van der Waals surface area contributed by atoms with Gasteiger partial charge in [-0.05, 0) is 23.8 Å². The molecule has 0 bridgehead atoms. The molecule has 0 unspecified atom stereocenters. The molecule has 0 aromatic heterocycles. The predicted molar refractivity (Wildman–Crippen MR) is 79.7 cm³/mol. The lowest BCUT2D eigenvalue weighted by molar-refractivity contribution is 0.0528. The molecule has 1 rings (SSSR count). The summed E-state index contributed by atoms with van der Waals surface area (Å²) in [4.78, 5) is 13.7. The summed E-state index contributed by atoms with van der Waals surface area (Å²) in [6.45, 7) is -0.367. The minimum atomic E-state index is -4.12. The van der Waals surface area contributed by atoms with Gasteiger partial charge >= 0.3 is 5.97 Å². The maximum Gasteiger partial charge on any atom is 0.338 e. The van der Waals surface area contributed by atoms with Crippen LogP contribution in [-0.2, 0) is 21.2 Å². The third-order valence-corrected chi connectivity index (χ3v) is 3.43. The first-order valence-corrected chi connectivity index (χ1v) is 7.78. The number of esters is 1. The Bertz CT molecular complexity index is 586. The normalized spacial score (nSPS) is 11.2. The first-order chi connectivity index (χ1) is 9.24. The van der Waals surface area contributed by atoms with E-state index in [0.29, 0.717) is 5.56 Å². The molecule has 110 valence electrons. The molecule has 6 nitrogen and oxygen atoms in total. The molecule has 0 heterocycles. The largest absolute Gasteiger partial charge is 0.461 e. The van der Waals surface area contributed by atoms with E-state index in [9.17, 15) is 13.2 Å². The Labute approximate surface area is 119 Å². The Morgan fingerprint density at radius 3 is 2.55 bits per heavy atom. The van der Waals surface area contributed by atoms with Gasteiger partial charge in [0.25, 0.3) is 10.1 Å².